The fourth-order valence-electron chi connectivity index (χ4n) is 2.84. The lowest BCUT2D eigenvalue weighted by Gasteiger charge is -2.25. The molecule has 3 rings (SSSR count). The van der Waals surface area contributed by atoms with E-state index in [1.807, 2.05) is 36.4 Å². The lowest BCUT2D eigenvalue weighted by Crippen LogP contribution is -2.55. The number of rotatable bonds is 6. The molecule has 1 aromatic heterocycles. The molecule has 2 unspecified atom stereocenters. The summed E-state index contributed by atoms with van der Waals surface area (Å²) in [5, 5.41) is 14.1. The number of ketones is 1. The molecule has 0 saturated heterocycles. The fourth-order valence-corrected chi connectivity index (χ4v) is 3.90. The van der Waals surface area contributed by atoms with Gasteiger partial charge in [-0.1, -0.05) is 30.3 Å². The summed E-state index contributed by atoms with van der Waals surface area (Å²) in [5.41, 5.74) is 0.982. The van der Waals surface area contributed by atoms with Gasteiger partial charge >= 0.3 is 12.0 Å². The number of nitrogens with zero attached hydrogens (tertiary/aromatic N) is 1. The minimum atomic E-state index is -1.33. The van der Waals surface area contributed by atoms with Crippen molar-refractivity contribution >= 4 is 35.0 Å². The zero-order valence-corrected chi connectivity index (χ0v) is 16.3. The topological polar surface area (TPSA) is 116 Å². The molecular weight excluding hydrogens is 394 g/mol. The first-order valence-corrected chi connectivity index (χ1v) is 9.59. The zero-order chi connectivity index (χ0) is 21.0. The summed E-state index contributed by atoms with van der Waals surface area (Å²) >= 11 is 1.37. The van der Waals surface area contributed by atoms with Gasteiger partial charge in [-0.15, -0.1) is 11.3 Å². The highest BCUT2D eigenvalue weighted by atomic mass is 32.1. The first-order valence-electron chi connectivity index (χ1n) is 8.78. The van der Waals surface area contributed by atoms with Crippen LogP contribution >= 0.6 is 11.3 Å². The number of urea groups is 1. The molecule has 1 aliphatic rings. The molecule has 2 heterocycles. The second kappa shape index (κ2) is 8.70. The lowest BCUT2D eigenvalue weighted by atomic mass is 10.1. The molecule has 8 nitrogen and oxygen atoms in total. The molecule has 1 aromatic carbocycles. The summed E-state index contributed by atoms with van der Waals surface area (Å²) in [6.45, 7) is 0. The van der Waals surface area contributed by atoms with Crippen LogP contribution in [-0.2, 0) is 14.4 Å². The van der Waals surface area contributed by atoms with E-state index < -0.39 is 35.8 Å². The molecule has 0 spiro atoms. The van der Waals surface area contributed by atoms with Crippen molar-refractivity contribution in [3.05, 3.63) is 59.6 Å². The second-order valence-corrected chi connectivity index (χ2v) is 7.55. The van der Waals surface area contributed by atoms with Crippen LogP contribution in [0.1, 0.15) is 17.3 Å². The van der Waals surface area contributed by atoms with Crippen molar-refractivity contribution in [1.29, 1.82) is 0 Å². The van der Waals surface area contributed by atoms with Crippen molar-refractivity contribution in [3.8, 4) is 10.4 Å². The number of carboxylic acid groups (broad SMARTS) is 1. The van der Waals surface area contributed by atoms with E-state index in [9.17, 15) is 24.3 Å². The van der Waals surface area contributed by atoms with Gasteiger partial charge in [0, 0.05) is 29.1 Å². The average Bonchev–Trinajstić information content (AvgIpc) is 3.18. The molecule has 29 heavy (non-hydrogen) atoms. The van der Waals surface area contributed by atoms with Gasteiger partial charge in [0.25, 0.3) is 5.91 Å². The van der Waals surface area contributed by atoms with Gasteiger partial charge in [0.1, 0.15) is 0 Å². The van der Waals surface area contributed by atoms with Gasteiger partial charge in [-0.2, -0.15) is 0 Å². The summed E-state index contributed by atoms with van der Waals surface area (Å²) in [6.07, 6.45) is 2.19. The van der Waals surface area contributed by atoms with Crippen LogP contribution in [0.5, 0.6) is 0 Å². The molecule has 0 radical (unpaired) electrons. The Morgan fingerprint density at radius 2 is 1.90 bits per heavy atom. The molecule has 3 N–H and O–H groups in total. The quantitative estimate of drug-likeness (QED) is 0.628. The van der Waals surface area contributed by atoms with Crippen molar-refractivity contribution in [2.75, 3.05) is 7.05 Å². The normalized spacial score (nSPS) is 17.1. The maximum absolute atomic E-state index is 12.4. The van der Waals surface area contributed by atoms with Crippen LogP contribution in [-0.4, -0.2) is 46.8 Å². The molecule has 2 aromatic rings. The van der Waals surface area contributed by atoms with Gasteiger partial charge in [-0.05, 0) is 17.7 Å². The SMILES string of the molecule is CN1C=CC(=O)C(NC(=O)NC(CC(=O)O)c2ccc(-c3ccccc3)s2)C1=O. The van der Waals surface area contributed by atoms with Gasteiger partial charge in [0.15, 0.2) is 11.8 Å². The van der Waals surface area contributed by atoms with Crippen LogP contribution in [0.4, 0.5) is 4.79 Å². The maximum Gasteiger partial charge on any atom is 0.316 e. The molecular formula is C20H19N3O5S. The monoisotopic (exact) mass is 413 g/mol. The van der Waals surface area contributed by atoms with E-state index in [1.165, 1.54) is 35.6 Å². The Kier molecular flexibility index (Phi) is 6.08. The smallest absolute Gasteiger partial charge is 0.316 e. The van der Waals surface area contributed by atoms with Crippen molar-refractivity contribution in [2.24, 2.45) is 0 Å². The molecule has 0 aliphatic carbocycles. The number of benzene rings is 1. The highest BCUT2D eigenvalue weighted by molar-refractivity contribution is 7.15. The van der Waals surface area contributed by atoms with E-state index >= 15 is 0 Å². The molecule has 2 atom stereocenters. The first-order chi connectivity index (χ1) is 13.8. The Morgan fingerprint density at radius 1 is 1.17 bits per heavy atom. The predicted octanol–water partition coefficient (Wildman–Crippen LogP) is 2.15. The van der Waals surface area contributed by atoms with Crippen molar-refractivity contribution in [3.63, 3.8) is 0 Å². The Hall–Kier alpha value is -3.46. The Labute approximate surface area is 170 Å². The number of carbonyl (C=O) groups is 4. The van der Waals surface area contributed by atoms with Crippen LogP contribution in [0.3, 0.4) is 0 Å². The third-order valence-electron chi connectivity index (χ3n) is 4.33. The van der Waals surface area contributed by atoms with Crippen molar-refractivity contribution in [1.82, 2.24) is 15.5 Å². The summed E-state index contributed by atoms with van der Waals surface area (Å²) in [5.74, 6) is -2.19. The molecule has 150 valence electrons. The van der Waals surface area contributed by atoms with E-state index in [-0.39, 0.29) is 6.42 Å². The fraction of sp³-hybridized carbons (Fsp3) is 0.200. The lowest BCUT2D eigenvalue weighted by molar-refractivity contribution is -0.138. The zero-order valence-electron chi connectivity index (χ0n) is 15.5. The highest BCUT2D eigenvalue weighted by Gasteiger charge is 2.32. The first kappa shape index (κ1) is 20.3. The summed E-state index contributed by atoms with van der Waals surface area (Å²) < 4.78 is 0. The largest absolute Gasteiger partial charge is 0.481 e. The van der Waals surface area contributed by atoms with Crippen molar-refractivity contribution in [2.45, 2.75) is 18.5 Å². The minimum Gasteiger partial charge on any atom is -0.481 e. The Morgan fingerprint density at radius 3 is 2.59 bits per heavy atom. The van der Waals surface area contributed by atoms with Gasteiger partial charge in [-0.3, -0.25) is 14.4 Å². The highest BCUT2D eigenvalue weighted by Crippen LogP contribution is 2.32. The Bertz CT molecular complexity index is 970. The summed E-state index contributed by atoms with van der Waals surface area (Å²) in [7, 11) is 1.47. The molecule has 0 saturated carbocycles. The van der Waals surface area contributed by atoms with Gasteiger partial charge in [0.2, 0.25) is 0 Å². The molecule has 9 heteroatoms. The van der Waals surface area contributed by atoms with E-state index in [0.29, 0.717) is 4.88 Å². The van der Waals surface area contributed by atoms with Crippen LogP contribution in [0.15, 0.2) is 54.7 Å². The number of carbonyl (C=O) groups excluding carboxylic acids is 3. The number of aliphatic carboxylic acids is 1. The Balaban J connectivity index is 1.74. The third kappa shape index (κ3) is 4.88. The standard InChI is InChI=1S/C20H19N3O5S/c1-23-10-9-14(24)18(19(23)27)22-20(28)21-13(11-17(25)26)16-8-7-15(29-16)12-5-3-2-4-6-12/h2-10,13,18H,11H2,1H3,(H,25,26)(H2,21,22,28). The van der Waals surface area contributed by atoms with E-state index in [2.05, 4.69) is 10.6 Å². The van der Waals surface area contributed by atoms with Gasteiger partial charge in [0.05, 0.1) is 12.5 Å². The number of thiophene rings is 1. The maximum atomic E-state index is 12.4. The van der Waals surface area contributed by atoms with E-state index in [0.717, 1.165) is 10.4 Å². The van der Waals surface area contributed by atoms with Crippen LogP contribution in [0.2, 0.25) is 0 Å². The summed E-state index contributed by atoms with van der Waals surface area (Å²) in [4.78, 5) is 50.5. The number of hydrogen-bond donors (Lipinski definition) is 3. The molecule has 0 fully saturated rings. The molecule has 1 aliphatic heterocycles. The van der Waals surface area contributed by atoms with Crippen molar-refractivity contribution < 1.29 is 24.3 Å². The minimum absolute atomic E-state index is 0.339. The van der Waals surface area contributed by atoms with E-state index in [4.69, 9.17) is 0 Å². The van der Waals surface area contributed by atoms with Gasteiger partial charge in [-0.25, -0.2) is 4.79 Å². The second-order valence-electron chi connectivity index (χ2n) is 6.44. The van der Waals surface area contributed by atoms with Gasteiger partial charge < -0.3 is 20.6 Å². The number of nitrogens with one attached hydrogen (secondary N) is 2. The van der Waals surface area contributed by atoms with Crippen LogP contribution < -0.4 is 10.6 Å². The number of carboxylic acids is 1. The number of amides is 3. The number of likely N-dealkylation sites (N-methyl/N-ethyl adjacent to an activating group) is 1. The van der Waals surface area contributed by atoms with Crippen LogP contribution in [0.25, 0.3) is 10.4 Å². The molecule has 0 bridgehead atoms. The number of hydrogen-bond acceptors (Lipinski definition) is 5. The predicted molar refractivity (Wildman–Crippen MR) is 107 cm³/mol. The third-order valence-corrected chi connectivity index (χ3v) is 5.58. The molecule has 3 amide bonds. The van der Waals surface area contributed by atoms with Crippen LogP contribution in [0, 0.1) is 0 Å². The summed E-state index contributed by atoms with van der Waals surface area (Å²) in [6, 6.07) is 10.3. The van der Waals surface area contributed by atoms with E-state index in [1.54, 1.807) is 6.07 Å². The average molecular weight is 413 g/mol.